The van der Waals surface area contributed by atoms with Gasteiger partial charge in [0.25, 0.3) is 0 Å². The van der Waals surface area contributed by atoms with Crippen LogP contribution in [0.2, 0.25) is 0 Å². The van der Waals surface area contributed by atoms with E-state index in [4.69, 9.17) is 4.74 Å². The van der Waals surface area contributed by atoms with E-state index in [0.29, 0.717) is 4.90 Å². The molecule has 0 N–H and O–H groups in total. The van der Waals surface area contributed by atoms with Crippen molar-refractivity contribution >= 4 is 9.84 Å². The molecule has 2 rings (SSSR count). The number of ether oxygens (including phenoxy) is 1. The summed E-state index contributed by atoms with van der Waals surface area (Å²) < 4.78 is 29.4. The maximum absolute atomic E-state index is 12.1. The molecule has 1 saturated heterocycles. The first-order chi connectivity index (χ1) is 7.33. The van der Waals surface area contributed by atoms with Crippen LogP contribution in [0.4, 0.5) is 0 Å². The molecule has 1 aliphatic heterocycles. The van der Waals surface area contributed by atoms with Crippen molar-refractivity contribution in [2.24, 2.45) is 0 Å². The van der Waals surface area contributed by atoms with Crippen LogP contribution in [0.25, 0.3) is 0 Å². The molecular formula is C12H16O3S. The van der Waals surface area contributed by atoms with Gasteiger partial charge in [-0.1, -0.05) is 17.7 Å². The van der Waals surface area contributed by atoms with Crippen LogP contribution in [-0.2, 0) is 14.6 Å². The Kier molecular flexibility index (Phi) is 2.59. The van der Waals surface area contributed by atoms with Gasteiger partial charge in [0, 0.05) is 0 Å². The van der Waals surface area contributed by atoms with E-state index in [9.17, 15) is 8.42 Å². The molecule has 0 amide bonds. The van der Waals surface area contributed by atoms with Crippen LogP contribution in [-0.4, -0.2) is 25.9 Å². The van der Waals surface area contributed by atoms with Crippen molar-refractivity contribution in [1.29, 1.82) is 0 Å². The summed E-state index contributed by atoms with van der Waals surface area (Å²) in [7, 11) is -3.23. The van der Waals surface area contributed by atoms with E-state index >= 15 is 0 Å². The highest BCUT2D eigenvalue weighted by Crippen LogP contribution is 2.37. The van der Waals surface area contributed by atoms with Gasteiger partial charge in [-0.15, -0.1) is 0 Å². The number of sulfone groups is 1. The van der Waals surface area contributed by atoms with Crippen molar-refractivity contribution in [3.8, 4) is 0 Å². The SMILES string of the molecule is Cc1ccc(S(=O)(=O)CC2(C)OC2C)cc1. The molecule has 1 fully saturated rings. The van der Waals surface area contributed by atoms with Gasteiger partial charge < -0.3 is 4.74 Å². The van der Waals surface area contributed by atoms with Gasteiger partial charge in [-0.2, -0.15) is 0 Å². The molecule has 0 aromatic heterocycles. The molecule has 1 aromatic rings. The number of hydrogen-bond acceptors (Lipinski definition) is 3. The van der Waals surface area contributed by atoms with Crippen LogP contribution >= 0.6 is 0 Å². The lowest BCUT2D eigenvalue weighted by atomic mass is 10.2. The summed E-state index contributed by atoms with van der Waals surface area (Å²) >= 11 is 0. The molecular weight excluding hydrogens is 224 g/mol. The third kappa shape index (κ3) is 2.13. The zero-order chi connectivity index (χ0) is 12.0. The van der Waals surface area contributed by atoms with E-state index in [2.05, 4.69) is 0 Å². The molecule has 16 heavy (non-hydrogen) atoms. The molecule has 3 nitrogen and oxygen atoms in total. The second-order valence-corrected chi connectivity index (χ2v) is 6.63. The van der Waals surface area contributed by atoms with Crippen LogP contribution in [0.1, 0.15) is 19.4 Å². The highest BCUT2D eigenvalue weighted by molar-refractivity contribution is 7.91. The van der Waals surface area contributed by atoms with Crippen molar-refractivity contribution in [3.05, 3.63) is 29.8 Å². The van der Waals surface area contributed by atoms with Crippen LogP contribution in [0.3, 0.4) is 0 Å². The Morgan fingerprint density at radius 1 is 1.31 bits per heavy atom. The minimum absolute atomic E-state index is 0.0349. The molecule has 1 aliphatic rings. The van der Waals surface area contributed by atoms with Gasteiger partial charge in [-0.05, 0) is 32.9 Å². The quantitative estimate of drug-likeness (QED) is 0.759. The Labute approximate surface area is 96.4 Å². The van der Waals surface area contributed by atoms with Crippen molar-refractivity contribution in [3.63, 3.8) is 0 Å². The fraction of sp³-hybridized carbons (Fsp3) is 0.500. The molecule has 1 aromatic carbocycles. The highest BCUT2D eigenvalue weighted by atomic mass is 32.2. The average Bonchev–Trinajstić information content (AvgIpc) is 2.72. The van der Waals surface area contributed by atoms with Gasteiger partial charge in [-0.3, -0.25) is 0 Å². The van der Waals surface area contributed by atoms with E-state index in [1.54, 1.807) is 12.1 Å². The number of aryl methyl sites for hydroxylation is 1. The Balaban J connectivity index is 2.23. The minimum Gasteiger partial charge on any atom is -0.366 e. The summed E-state index contributed by atoms with van der Waals surface area (Å²) in [5.74, 6) is 0.0597. The molecule has 0 bridgehead atoms. The first-order valence-electron chi connectivity index (χ1n) is 5.31. The van der Waals surface area contributed by atoms with E-state index in [1.165, 1.54) is 0 Å². The van der Waals surface area contributed by atoms with Gasteiger partial charge in [0.05, 0.1) is 16.8 Å². The van der Waals surface area contributed by atoms with Crippen LogP contribution in [0.5, 0.6) is 0 Å². The molecule has 88 valence electrons. The molecule has 0 saturated carbocycles. The lowest BCUT2D eigenvalue weighted by Crippen LogP contribution is -2.23. The van der Waals surface area contributed by atoms with Gasteiger partial charge in [0.2, 0.25) is 0 Å². The third-order valence-electron chi connectivity index (χ3n) is 3.11. The molecule has 0 spiro atoms. The Morgan fingerprint density at radius 3 is 2.25 bits per heavy atom. The predicted octanol–water partition coefficient (Wildman–Crippen LogP) is 1.95. The standard InChI is InChI=1S/C12H16O3S/c1-9-4-6-11(7-5-9)16(13,14)8-12(3)10(2)15-12/h4-7,10H,8H2,1-3H3. The Hall–Kier alpha value is -0.870. The van der Waals surface area contributed by atoms with Crippen molar-refractivity contribution in [1.82, 2.24) is 0 Å². The normalized spacial score (nSPS) is 29.1. The second kappa shape index (κ2) is 3.57. The largest absolute Gasteiger partial charge is 0.366 e. The number of epoxide rings is 1. The first kappa shape index (κ1) is 11.6. The fourth-order valence-corrected chi connectivity index (χ4v) is 3.50. The van der Waals surface area contributed by atoms with E-state index in [-0.39, 0.29) is 11.9 Å². The zero-order valence-electron chi connectivity index (χ0n) is 9.73. The van der Waals surface area contributed by atoms with E-state index < -0.39 is 15.4 Å². The van der Waals surface area contributed by atoms with E-state index in [1.807, 2.05) is 32.9 Å². The Morgan fingerprint density at radius 2 is 1.81 bits per heavy atom. The summed E-state index contributed by atoms with van der Waals surface area (Å²) in [4.78, 5) is 0.377. The maximum atomic E-state index is 12.1. The molecule has 0 radical (unpaired) electrons. The summed E-state index contributed by atoms with van der Waals surface area (Å²) in [6.07, 6.45) is 0.0349. The predicted molar refractivity (Wildman–Crippen MR) is 62.2 cm³/mol. The lowest BCUT2D eigenvalue weighted by Gasteiger charge is -2.07. The fourth-order valence-electron chi connectivity index (χ4n) is 1.73. The summed E-state index contributed by atoms with van der Waals surface area (Å²) in [5.41, 5.74) is 0.560. The highest BCUT2D eigenvalue weighted by Gasteiger charge is 2.51. The molecule has 2 atom stereocenters. The second-order valence-electron chi connectivity index (χ2n) is 4.64. The van der Waals surface area contributed by atoms with Gasteiger partial charge in [0.15, 0.2) is 9.84 Å². The number of hydrogen-bond donors (Lipinski definition) is 0. The summed E-state index contributed by atoms with van der Waals surface area (Å²) in [6, 6.07) is 6.93. The van der Waals surface area contributed by atoms with Crippen molar-refractivity contribution < 1.29 is 13.2 Å². The van der Waals surface area contributed by atoms with Gasteiger partial charge >= 0.3 is 0 Å². The topological polar surface area (TPSA) is 46.7 Å². The number of benzene rings is 1. The van der Waals surface area contributed by atoms with Crippen LogP contribution < -0.4 is 0 Å². The van der Waals surface area contributed by atoms with Crippen molar-refractivity contribution in [2.75, 3.05) is 5.75 Å². The van der Waals surface area contributed by atoms with Crippen molar-refractivity contribution in [2.45, 2.75) is 37.4 Å². The zero-order valence-corrected chi connectivity index (χ0v) is 10.5. The minimum atomic E-state index is -3.23. The monoisotopic (exact) mass is 240 g/mol. The molecule has 1 heterocycles. The summed E-state index contributed by atoms with van der Waals surface area (Å²) in [6.45, 7) is 5.66. The molecule has 4 heteroatoms. The lowest BCUT2D eigenvalue weighted by molar-refractivity contribution is 0.329. The van der Waals surface area contributed by atoms with Gasteiger partial charge in [0.1, 0.15) is 5.60 Å². The van der Waals surface area contributed by atoms with Gasteiger partial charge in [-0.25, -0.2) is 8.42 Å². The molecule has 0 aliphatic carbocycles. The summed E-state index contributed by atoms with van der Waals surface area (Å²) in [5, 5.41) is 0. The van der Waals surface area contributed by atoms with Crippen LogP contribution in [0, 0.1) is 6.92 Å². The maximum Gasteiger partial charge on any atom is 0.181 e. The number of rotatable bonds is 3. The Bertz CT molecular complexity index is 490. The smallest absolute Gasteiger partial charge is 0.181 e. The third-order valence-corrected chi connectivity index (χ3v) is 5.05. The van der Waals surface area contributed by atoms with E-state index in [0.717, 1.165) is 5.56 Å². The van der Waals surface area contributed by atoms with Crippen LogP contribution in [0.15, 0.2) is 29.2 Å². The first-order valence-corrected chi connectivity index (χ1v) is 6.96. The average molecular weight is 240 g/mol. The molecule has 2 unspecified atom stereocenters.